The Bertz CT molecular complexity index is 617. The van der Waals surface area contributed by atoms with E-state index in [0.717, 1.165) is 11.6 Å². The molecule has 0 aliphatic heterocycles. The number of aliphatic hydroxyl groups is 3. The zero-order valence-corrected chi connectivity index (χ0v) is 13.7. The van der Waals surface area contributed by atoms with Gasteiger partial charge < -0.3 is 20.1 Å². The predicted molar refractivity (Wildman–Crippen MR) is 89.2 cm³/mol. The highest BCUT2D eigenvalue weighted by Crippen LogP contribution is 2.23. The number of carbonyl (C=O) groups is 1. The highest BCUT2D eigenvalue weighted by Gasteiger charge is 1.97. The summed E-state index contributed by atoms with van der Waals surface area (Å²) in [5.41, 5.74) is 1.72. The van der Waals surface area contributed by atoms with Crippen molar-refractivity contribution in [3.63, 3.8) is 0 Å². The van der Waals surface area contributed by atoms with Crippen LogP contribution in [0.3, 0.4) is 0 Å². The van der Waals surface area contributed by atoms with E-state index >= 15 is 0 Å². The number of ether oxygens (including phenoxy) is 1. The highest BCUT2D eigenvalue weighted by molar-refractivity contribution is 5.81. The van der Waals surface area contributed by atoms with E-state index in [2.05, 4.69) is 21.3 Å². The zero-order chi connectivity index (χ0) is 19.5. The Labute approximate surface area is 144 Å². The molecule has 136 valence electrons. The van der Waals surface area contributed by atoms with Gasteiger partial charge in [0.05, 0.1) is 31.2 Å². The van der Waals surface area contributed by atoms with Gasteiger partial charge in [-0.1, -0.05) is 12.6 Å². The van der Waals surface area contributed by atoms with Crippen molar-refractivity contribution in [3.05, 3.63) is 36.4 Å². The second kappa shape index (κ2) is 17.4. The number of hydrogen-bond acceptors (Lipinski definition) is 9. The normalized spacial score (nSPS) is 8.16. The lowest BCUT2D eigenvalue weighted by molar-refractivity contribution is -0.138. The summed E-state index contributed by atoms with van der Waals surface area (Å²) < 4.78 is 4.33. The van der Waals surface area contributed by atoms with Crippen molar-refractivity contribution in [3.8, 4) is 0 Å². The minimum Gasteiger partial charge on any atom is -0.460 e. The zero-order valence-electron chi connectivity index (χ0n) is 13.7. The van der Waals surface area contributed by atoms with E-state index in [1.165, 1.54) is 18.2 Å². The molecule has 0 heterocycles. The van der Waals surface area contributed by atoms with Crippen molar-refractivity contribution in [1.29, 1.82) is 0 Å². The lowest BCUT2D eigenvalue weighted by Gasteiger charge is -1.97. The number of aryl methyl sites for hydroxylation is 1. The van der Waals surface area contributed by atoms with E-state index in [1.54, 1.807) is 19.1 Å². The third-order valence-electron chi connectivity index (χ3n) is 2.14. The van der Waals surface area contributed by atoms with Gasteiger partial charge in [0.1, 0.15) is 6.61 Å². The van der Waals surface area contributed by atoms with Gasteiger partial charge in [-0.2, -0.15) is 9.98 Å². The monoisotopic (exact) mass is 352 g/mol. The van der Waals surface area contributed by atoms with Crippen LogP contribution in [-0.2, 0) is 19.1 Å². The van der Waals surface area contributed by atoms with Crippen molar-refractivity contribution in [1.82, 2.24) is 0 Å². The fraction of sp³-hybridized carbons (Fsp3) is 0.312. The third kappa shape index (κ3) is 14.4. The number of aliphatic imine (C=N–C) groups is 2. The van der Waals surface area contributed by atoms with Gasteiger partial charge in [0.2, 0.25) is 12.2 Å². The van der Waals surface area contributed by atoms with Crippen molar-refractivity contribution in [2.24, 2.45) is 9.98 Å². The Kier molecular flexibility index (Phi) is 17.0. The Balaban J connectivity index is 0. The molecule has 0 fully saturated rings. The number of aliphatic hydroxyl groups excluding tert-OH is 3. The molecule has 0 spiro atoms. The maximum absolute atomic E-state index is 10.1. The highest BCUT2D eigenvalue weighted by atomic mass is 16.5. The van der Waals surface area contributed by atoms with Gasteiger partial charge in [-0.25, -0.2) is 14.4 Å². The van der Waals surface area contributed by atoms with Crippen LogP contribution in [0.2, 0.25) is 0 Å². The number of rotatable bonds is 6. The maximum atomic E-state index is 10.1. The molecule has 25 heavy (non-hydrogen) atoms. The molecule has 0 aromatic heterocycles. The van der Waals surface area contributed by atoms with Crippen LogP contribution in [0.25, 0.3) is 0 Å². The molecule has 0 saturated carbocycles. The van der Waals surface area contributed by atoms with E-state index in [1.807, 2.05) is 0 Å². The smallest absolute Gasteiger partial charge is 0.330 e. The summed E-state index contributed by atoms with van der Waals surface area (Å²) in [5, 5.41) is 23.3. The predicted octanol–water partition coefficient (Wildman–Crippen LogP) is 0.609. The molecule has 0 bridgehead atoms. The topological polar surface area (TPSA) is 146 Å². The molecule has 9 heteroatoms. The first-order valence-corrected chi connectivity index (χ1v) is 6.88. The largest absolute Gasteiger partial charge is 0.460 e. The minimum absolute atomic E-state index is 0.0465. The van der Waals surface area contributed by atoms with Crippen LogP contribution in [-0.4, -0.2) is 59.9 Å². The second-order valence-corrected chi connectivity index (χ2v) is 3.92. The van der Waals surface area contributed by atoms with Crippen molar-refractivity contribution in [2.45, 2.75) is 6.92 Å². The summed E-state index contributed by atoms with van der Waals surface area (Å²) in [4.78, 5) is 36.9. The molecule has 0 atom stereocenters. The Morgan fingerprint density at radius 2 is 1.76 bits per heavy atom. The van der Waals surface area contributed by atoms with Crippen LogP contribution in [0.5, 0.6) is 0 Å². The first-order valence-electron chi connectivity index (χ1n) is 6.88. The number of isocyanates is 2. The van der Waals surface area contributed by atoms with Crippen molar-refractivity contribution < 1.29 is 34.4 Å². The van der Waals surface area contributed by atoms with Gasteiger partial charge in [-0.3, -0.25) is 0 Å². The van der Waals surface area contributed by atoms with E-state index < -0.39 is 5.97 Å². The first-order chi connectivity index (χ1) is 12.0. The number of esters is 1. The lowest BCUT2D eigenvalue weighted by atomic mass is 10.2. The molecule has 0 unspecified atom stereocenters. The van der Waals surface area contributed by atoms with Crippen LogP contribution in [0.1, 0.15) is 5.56 Å². The van der Waals surface area contributed by atoms with Crippen molar-refractivity contribution in [2.75, 3.05) is 26.4 Å². The number of nitrogens with zero attached hydrogens (tertiary/aromatic N) is 2. The summed E-state index contributed by atoms with van der Waals surface area (Å²) in [5.74, 6) is -0.501. The summed E-state index contributed by atoms with van der Waals surface area (Å²) in [7, 11) is 0. The van der Waals surface area contributed by atoms with Gasteiger partial charge >= 0.3 is 5.97 Å². The molecule has 1 rings (SSSR count). The van der Waals surface area contributed by atoms with Crippen LogP contribution < -0.4 is 0 Å². The molecule has 1 aromatic carbocycles. The average molecular weight is 352 g/mol. The summed E-state index contributed by atoms with van der Waals surface area (Å²) >= 11 is 0. The number of carbonyl (C=O) groups excluding carboxylic acids is 3. The van der Waals surface area contributed by atoms with Crippen LogP contribution in [0, 0.1) is 6.92 Å². The van der Waals surface area contributed by atoms with E-state index in [0.29, 0.717) is 11.4 Å². The minimum atomic E-state index is -0.501. The fourth-order valence-electron chi connectivity index (χ4n) is 1.09. The second-order valence-electron chi connectivity index (χ2n) is 3.92. The molecule has 0 radical (unpaired) electrons. The van der Waals surface area contributed by atoms with Gasteiger partial charge in [0.25, 0.3) is 0 Å². The molecule has 3 N–H and O–H groups in total. The maximum Gasteiger partial charge on any atom is 0.330 e. The molecule has 1 aromatic rings. The van der Waals surface area contributed by atoms with Crippen LogP contribution in [0.4, 0.5) is 11.4 Å². The Morgan fingerprint density at radius 1 is 1.16 bits per heavy atom. The SMILES string of the molecule is C=CC(=O)OCCO.Cc1ccc(N=C=O)cc1N=C=O.OCCO. The van der Waals surface area contributed by atoms with Crippen LogP contribution >= 0.6 is 0 Å². The van der Waals surface area contributed by atoms with E-state index in [9.17, 15) is 14.4 Å². The molecule has 0 aliphatic carbocycles. The molecular weight excluding hydrogens is 332 g/mol. The fourth-order valence-corrected chi connectivity index (χ4v) is 1.09. The van der Waals surface area contributed by atoms with Gasteiger partial charge in [-0.05, 0) is 24.6 Å². The van der Waals surface area contributed by atoms with Crippen molar-refractivity contribution >= 4 is 29.5 Å². The third-order valence-corrected chi connectivity index (χ3v) is 2.14. The summed E-state index contributed by atoms with van der Waals surface area (Å²) in [6.45, 7) is 4.61. The molecule has 0 saturated heterocycles. The number of hydrogen-bond donors (Lipinski definition) is 3. The first kappa shape index (κ1) is 24.3. The Hall–Kier alpha value is -2.93. The van der Waals surface area contributed by atoms with Crippen LogP contribution in [0.15, 0.2) is 40.8 Å². The lowest BCUT2D eigenvalue weighted by Crippen LogP contribution is -2.04. The molecular formula is C16H20N2O7. The quantitative estimate of drug-likeness (QED) is 0.294. The van der Waals surface area contributed by atoms with Gasteiger partial charge in [0, 0.05) is 6.08 Å². The van der Waals surface area contributed by atoms with E-state index in [4.69, 9.17) is 15.3 Å². The Morgan fingerprint density at radius 3 is 2.20 bits per heavy atom. The number of benzene rings is 1. The standard InChI is InChI=1S/C9H6N2O2.C5H8O3.C2H6O2/c1-7-2-3-8(10-5-12)4-9(7)11-6-13;1-2-5(7)8-4-3-6;3-1-2-4/h2-4H,1H3;2,6H,1,3-4H2;3-4H,1-2H2. The molecule has 9 nitrogen and oxygen atoms in total. The van der Waals surface area contributed by atoms with Gasteiger partial charge in [0.15, 0.2) is 0 Å². The van der Waals surface area contributed by atoms with Gasteiger partial charge in [-0.15, -0.1) is 0 Å². The van der Waals surface area contributed by atoms with E-state index in [-0.39, 0.29) is 26.4 Å². The summed E-state index contributed by atoms with van der Waals surface area (Å²) in [6.07, 6.45) is 3.89. The summed E-state index contributed by atoms with van der Waals surface area (Å²) in [6, 6.07) is 4.88. The molecule has 0 amide bonds. The molecule has 0 aliphatic rings. The average Bonchev–Trinajstić information content (AvgIpc) is 2.63.